The predicted octanol–water partition coefficient (Wildman–Crippen LogP) is 3.05. The van der Waals surface area contributed by atoms with E-state index in [1.807, 2.05) is 4.90 Å². The number of halogens is 2. The van der Waals surface area contributed by atoms with Crippen LogP contribution in [0.25, 0.3) is 27.4 Å². The van der Waals surface area contributed by atoms with Gasteiger partial charge >= 0.3 is 6.01 Å². The summed E-state index contributed by atoms with van der Waals surface area (Å²) >= 11 is 0. The van der Waals surface area contributed by atoms with Crippen molar-refractivity contribution < 1.29 is 20.0 Å². The fourth-order valence-electron chi connectivity index (χ4n) is 7.60. The number of hydrogen-bond acceptors (Lipinski definition) is 9. The summed E-state index contributed by atoms with van der Waals surface area (Å²) in [4.78, 5) is 27.8. The lowest BCUT2D eigenvalue weighted by Gasteiger charge is -2.46. The molecule has 0 saturated carbocycles. The van der Waals surface area contributed by atoms with Gasteiger partial charge in [-0.15, -0.1) is 6.42 Å². The molecule has 9 rings (SSSR count). The van der Waals surface area contributed by atoms with Gasteiger partial charge in [0.05, 0.1) is 29.7 Å². The summed E-state index contributed by atoms with van der Waals surface area (Å²) < 4.78 is 44.9. The lowest BCUT2D eigenvalue weighted by atomic mass is 9.93. The van der Waals surface area contributed by atoms with Gasteiger partial charge in [0.25, 0.3) is 5.56 Å². The molecule has 2 N–H and O–H groups in total. The van der Waals surface area contributed by atoms with Crippen molar-refractivity contribution >= 4 is 27.5 Å². The average molecular weight is 601 g/mol. The number of alkyl halides is 1. The summed E-state index contributed by atoms with van der Waals surface area (Å²) in [6.07, 6.45) is 8.70. The number of aromatic hydroxyl groups is 1. The lowest BCUT2D eigenvalue weighted by molar-refractivity contribution is 0.107. The summed E-state index contributed by atoms with van der Waals surface area (Å²) in [5.41, 5.74) is -1.19. The van der Waals surface area contributed by atoms with Crippen molar-refractivity contribution in [3.63, 3.8) is 0 Å². The van der Waals surface area contributed by atoms with Gasteiger partial charge < -0.3 is 20.1 Å². The molecule has 5 aliphatic heterocycles. The summed E-state index contributed by atoms with van der Waals surface area (Å²) in [5, 5.41) is 19.6. The van der Waals surface area contributed by atoms with Crippen LogP contribution < -0.4 is 20.5 Å². The molecule has 44 heavy (non-hydrogen) atoms. The molecule has 4 aromatic rings. The zero-order valence-corrected chi connectivity index (χ0v) is 23.9. The molecule has 5 saturated heterocycles. The monoisotopic (exact) mass is 600 g/mol. The van der Waals surface area contributed by atoms with E-state index in [2.05, 4.69) is 26.2 Å². The van der Waals surface area contributed by atoms with Crippen LogP contribution in [0.15, 0.2) is 35.3 Å². The minimum absolute atomic E-state index is 0.0252. The van der Waals surface area contributed by atoms with E-state index < -0.39 is 23.1 Å². The van der Waals surface area contributed by atoms with Gasteiger partial charge in [0, 0.05) is 49.6 Å². The number of aromatic nitrogens is 4. The maximum atomic E-state index is 14.8. The summed E-state index contributed by atoms with van der Waals surface area (Å²) in [6.45, 7) is 2.25. The predicted molar refractivity (Wildman–Crippen MR) is 161 cm³/mol. The maximum absolute atomic E-state index is 14.8. The highest BCUT2D eigenvalue weighted by Gasteiger charge is 2.49. The zero-order valence-electron chi connectivity index (χ0n) is 24.9. The third-order valence-electron chi connectivity index (χ3n) is 9.72. The number of ether oxygens (including phenoxy) is 1. The van der Waals surface area contributed by atoms with Crippen LogP contribution in [0.2, 0.25) is 0 Å². The Balaban J connectivity index is 1.28. The van der Waals surface area contributed by atoms with Crippen LogP contribution in [0.4, 0.5) is 14.6 Å². The molecule has 7 heterocycles. The largest absolute Gasteiger partial charge is 0.508 e. The molecule has 0 amide bonds. The standard InChI is InChI=1S/C32H31F2N7O3/c1-2-23-25(34)7-4-18-10-22(42)11-26(27(18)23)41-30(43)28-24(14-36-41)29(40-16-20-5-6-21(40)13-35-20)38-31(37-28)44-17-32-8-3-9-39(32)15-19(33)12-32/h1,4,7,10-11,14,19-21,35,42H,3,5-6,8-9,12-13,15-17H2/t19-,20?,21?,32+/m1/s1/i19D. The Labute approximate surface area is 253 Å². The molecule has 2 aromatic carbocycles. The van der Waals surface area contributed by atoms with Crippen LogP contribution in [-0.2, 0) is 0 Å². The van der Waals surface area contributed by atoms with E-state index in [9.17, 15) is 18.7 Å². The second-order valence-electron chi connectivity index (χ2n) is 12.3. The maximum Gasteiger partial charge on any atom is 0.319 e. The fraction of sp³-hybridized carbons (Fsp3) is 0.438. The first-order valence-corrected chi connectivity index (χ1v) is 14.9. The van der Waals surface area contributed by atoms with Gasteiger partial charge in [-0.05, 0) is 49.7 Å². The number of fused-ring (bicyclic) bond motifs is 6. The first kappa shape index (κ1) is 26.1. The van der Waals surface area contributed by atoms with Crippen LogP contribution in [0.3, 0.4) is 0 Å². The highest BCUT2D eigenvalue weighted by molar-refractivity contribution is 5.97. The highest BCUT2D eigenvalue weighted by Crippen LogP contribution is 2.41. The molecule has 5 fully saturated rings. The normalized spacial score (nSPS) is 28.4. The zero-order chi connectivity index (χ0) is 31.1. The van der Waals surface area contributed by atoms with E-state index in [-0.39, 0.29) is 65.6 Å². The van der Waals surface area contributed by atoms with E-state index in [1.165, 1.54) is 30.5 Å². The van der Waals surface area contributed by atoms with E-state index in [1.54, 1.807) is 0 Å². The molecule has 10 nitrogen and oxygen atoms in total. The van der Waals surface area contributed by atoms with Crippen molar-refractivity contribution in [3.8, 4) is 29.8 Å². The molecule has 4 atom stereocenters. The second-order valence-corrected chi connectivity index (χ2v) is 12.3. The van der Waals surface area contributed by atoms with Crippen LogP contribution in [-0.4, -0.2) is 86.3 Å². The van der Waals surface area contributed by atoms with Gasteiger partial charge in [-0.3, -0.25) is 9.69 Å². The SMILES string of the molecule is [2H][C@]1(F)CN2CCC[C@@]2(COc2nc(N3CC4CCC3CN4)c3cnn(-c4cc(O)cc5ccc(F)c(C#C)c45)c(=O)c3n2)C1. The Hall–Kier alpha value is -4.34. The number of nitrogens with zero attached hydrogens (tertiary/aromatic N) is 6. The molecular weight excluding hydrogens is 568 g/mol. The third kappa shape index (κ3) is 4.21. The van der Waals surface area contributed by atoms with Crippen molar-refractivity contribution in [2.45, 2.75) is 55.9 Å². The Bertz CT molecular complexity index is 1970. The summed E-state index contributed by atoms with van der Waals surface area (Å²) in [5.74, 6) is 2.09. The number of phenolic OH excluding ortho intramolecular Hbond substituents is 1. The summed E-state index contributed by atoms with van der Waals surface area (Å²) in [7, 11) is 0. The molecule has 12 heteroatoms. The van der Waals surface area contributed by atoms with Gasteiger partial charge in [-0.2, -0.15) is 19.7 Å². The average Bonchev–Trinajstić information content (AvgIpc) is 3.52. The Kier molecular flexibility index (Phi) is 5.99. The van der Waals surface area contributed by atoms with E-state index in [4.69, 9.17) is 17.5 Å². The number of benzene rings is 2. The first-order valence-electron chi connectivity index (χ1n) is 15.4. The van der Waals surface area contributed by atoms with Gasteiger partial charge in [0.1, 0.15) is 35.7 Å². The van der Waals surface area contributed by atoms with E-state index in [0.29, 0.717) is 36.1 Å². The lowest BCUT2D eigenvalue weighted by Crippen LogP contribution is -2.61. The minimum atomic E-state index is -2.06. The minimum Gasteiger partial charge on any atom is -0.508 e. The number of terminal acetylenes is 1. The molecule has 0 spiro atoms. The first-order chi connectivity index (χ1) is 21.6. The van der Waals surface area contributed by atoms with Crippen LogP contribution in [0.1, 0.15) is 39.0 Å². The number of hydrogen-bond donors (Lipinski definition) is 2. The molecule has 0 aliphatic carbocycles. The molecular formula is C32H31F2N7O3. The van der Waals surface area contributed by atoms with Crippen LogP contribution in [0.5, 0.6) is 11.8 Å². The quantitative estimate of drug-likeness (QED) is 0.334. The van der Waals surface area contributed by atoms with Crippen molar-refractivity contribution in [1.29, 1.82) is 0 Å². The topological polar surface area (TPSA) is 109 Å². The molecule has 2 aromatic heterocycles. The van der Waals surface area contributed by atoms with Gasteiger partial charge in [0.15, 0.2) is 0 Å². The van der Waals surface area contributed by atoms with E-state index in [0.717, 1.165) is 30.5 Å². The van der Waals surface area contributed by atoms with Gasteiger partial charge in [-0.1, -0.05) is 12.0 Å². The fourth-order valence-corrected chi connectivity index (χ4v) is 7.60. The smallest absolute Gasteiger partial charge is 0.319 e. The Morgan fingerprint density at radius 2 is 2.16 bits per heavy atom. The molecule has 2 bridgehead atoms. The Morgan fingerprint density at radius 3 is 2.93 bits per heavy atom. The number of anilines is 1. The highest BCUT2D eigenvalue weighted by atomic mass is 19.1. The molecule has 2 unspecified atom stereocenters. The van der Waals surface area contributed by atoms with Gasteiger partial charge in [0.2, 0.25) is 0 Å². The van der Waals surface area contributed by atoms with E-state index >= 15 is 0 Å². The van der Waals surface area contributed by atoms with Crippen molar-refractivity contribution in [3.05, 3.63) is 52.2 Å². The van der Waals surface area contributed by atoms with Crippen molar-refractivity contribution in [2.75, 3.05) is 37.7 Å². The van der Waals surface area contributed by atoms with Crippen LogP contribution in [0, 0.1) is 18.2 Å². The number of nitrogens with one attached hydrogen (secondary N) is 1. The molecule has 0 radical (unpaired) electrons. The van der Waals surface area contributed by atoms with Crippen molar-refractivity contribution in [2.24, 2.45) is 0 Å². The number of phenols is 1. The third-order valence-corrected chi connectivity index (χ3v) is 9.72. The molecule has 5 aliphatic rings. The Morgan fingerprint density at radius 1 is 1.27 bits per heavy atom. The van der Waals surface area contributed by atoms with Crippen molar-refractivity contribution in [1.82, 2.24) is 30.0 Å². The number of piperazine rings is 1. The summed E-state index contributed by atoms with van der Waals surface area (Å²) in [6, 6.07) is 5.83. The number of piperidine rings is 2. The second kappa shape index (κ2) is 10.1. The number of rotatable bonds is 5. The van der Waals surface area contributed by atoms with Gasteiger partial charge in [-0.25, -0.2) is 8.78 Å². The van der Waals surface area contributed by atoms with Crippen LogP contribution >= 0.6 is 0 Å². The molecule has 226 valence electrons.